The first-order chi connectivity index (χ1) is 18.6. The van der Waals surface area contributed by atoms with E-state index >= 15 is 0 Å². The normalized spacial score (nSPS) is 13.0. The molecule has 1 aliphatic rings. The molecule has 2 aromatic carbocycles. The highest BCUT2D eigenvalue weighted by Crippen LogP contribution is 2.42. The Labute approximate surface area is 234 Å². The third kappa shape index (κ3) is 8.00. The summed E-state index contributed by atoms with van der Waals surface area (Å²) >= 11 is 0. The summed E-state index contributed by atoms with van der Waals surface area (Å²) in [6.07, 6.45) is 10.6. The molecule has 0 fully saturated rings. The number of hydrogen-bond donors (Lipinski definition) is 3. The van der Waals surface area contributed by atoms with Crippen LogP contribution in [-0.4, -0.2) is 41.7 Å². The van der Waals surface area contributed by atoms with Gasteiger partial charge in [-0.1, -0.05) is 71.4 Å². The summed E-state index contributed by atoms with van der Waals surface area (Å²) in [4.78, 5) is 27.1. The molecule has 2 aromatic rings. The van der Waals surface area contributed by atoms with Gasteiger partial charge in [-0.3, -0.25) is 9.59 Å². The van der Waals surface area contributed by atoms with Gasteiger partial charge in [0.05, 0.1) is 12.0 Å². The summed E-state index contributed by atoms with van der Waals surface area (Å²) in [5, 5.41) is 22.7. The lowest BCUT2D eigenvalue weighted by Crippen LogP contribution is -2.36. The first-order valence-electron chi connectivity index (χ1n) is 14.7. The molecular formula is C33H48N2O4. The molecule has 0 bridgehead atoms. The molecule has 0 spiro atoms. The highest BCUT2D eigenvalue weighted by molar-refractivity contribution is 5.96. The van der Waals surface area contributed by atoms with Crippen LogP contribution in [0.1, 0.15) is 104 Å². The summed E-state index contributed by atoms with van der Waals surface area (Å²) in [7, 11) is 0. The average molecular weight is 537 g/mol. The molecule has 0 aliphatic carbocycles. The molecule has 214 valence electrons. The Morgan fingerprint density at radius 1 is 0.974 bits per heavy atom. The lowest BCUT2D eigenvalue weighted by molar-refractivity contribution is -0.136. The van der Waals surface area contributed by atoms with E-state index < -0.39 is 5.97 Å². The number of carbonyl (C=O) groups is 2. The van der Waals surface area contributed by atoms with Crippen molar-refractivity contribution < 1.29 is 19.8 Å². The Bertz CT molecular complexity index is 1150. The quantitative estimate of drug-likeness (QED) is 0.219. The Morgan fingerprint density at radius 3 is 2.31 bits per heavy atom. The van der Waals surface area contributed by atoms with Crippen molar-refractivity contribution in [3.8, 4) is 5.75 Å². The number of nitrogens with one attached hydrogen (secondary N) is 1. The largest absolute Gasteiger partial charge is 0.507 e. The van der Waals surface area contributed by atoms with Gasteiger partial charge >= 0.3 is 5.97 Å². The number of fused-ring (bicyclic) bond motifs is 1. The highest BCUT2D eigenvalue weighted by Gasteiger charge is 2.31. The van der Waals surface area contributed by atoms with Gasteiger partial charge in [-0.15, -0.1) is 0 Å². The van der Waals surface area contributed by atoms with Gasteiger partial charge < -0.3 is 20.4 Å². The fourth-order valence-electron chi connectivity index (χ4n) is 5.97. The number of benzene rings is 2. The summed E-state index contributed by atoms with van der Waals surface area (Å²) in [6, 6.07) is 6.57. The molecule has 1 aliphatic heterocycles. The number of rotatable bonds is 15. The predicted molar refractivity (Wildman–Crippen MR) is 159 cm³/mol. The van der Waals surface area contributed by atoms with Crippen molar-refractivity contribution in [1.29, 1.82) is 0 Å². The number of hydrogen-bond acceptors (Lipinski definition) is 4. The monoisotopic (exact) mass is 536 g/mol. The molecular weight excluding hydrogens is 488 g/mol. The Kier molecular flexibility index (Phi) is 10.8. The first-order valence-corrected chi connectivity index (χ1v) is 14.7. The van der Waals surface area contributed by atoms with Crippen molar-refractivity contribution in [2.45, 2.75) is 98.8 Å². The van der Waals surface area contributed by atoms with E-state index in [4.69, 9.17) is 0 Å². The number of aliphatic carboxylic acids is 1. The number of carboxylic acids is 1. The van der Waals surface area contributed by atoms with Gasteiger partial charge in [0.15, 0.2) is 0 Å². The zero-order chi connectivity index (χ0) is 28.6. The van der Waals surface area contributed by atoms with Crippen LogP contribution in [0.4, 0.5) is 5.69 Å². The average Bonchev–Trinajstić information content (AvgIpc) is 3.31. The minimum atomic E-state index is -0.806. The molecule has 0 unspecified atom stereocenters. The van der Waals surface area contributed by atoms with Crippen LogP contribution in [0.3, 0.4) is 0 Å². The smallest absolute Gasteiger partial charge is 0.307 e. The van der Waals surface area contributed by atoms with Crippen LogP contribution in [0.25, 0.3) is 0 Å². The van der Waals surface area contributed by atoms with Crippen molar-refractivity contribution in [3.05, 3.63) is 57.6 Å². The maximum atomic E-state index is 12.8. The van der Waals surface area contributed by atoms with E-state index in [2.05, 4.69) is 44.8 Å². The molecule has 1 amide bonds. The van der Waals surface area contributed by atoms with Gasteiger partial charge in [0, 0.05) is 25.3 Å². The van der Waals surface area contributed by atoms with Crippen molar-refractivity contribution in [2.75, 3.05) is 24.5 Å². The zero-order valence-corrected chi connectivity index (χ0v) is 24.7. The van der Waals surface area contributed by atoms with E-state index in [1.807, 2.05) is 0 Å². The molecule has 6 heteroatoms. The Hall–Kier alpha value is -3.02. The number of carbonyl (C=O) groups excluding carboxylic acids is 1. The molecule has 0 saturated heterocycles. The van der Waals surface area contributed by atoms with Gasteiger partial charge in [0.2, 0.25) is 0 Å². The second-order valence-electron chi connectivity index (χ2n) is 12.0. The number of amides is 1. The van der Waals surface area contributed by atoms with Crippen molar-refractivity contribution in [2.24, 2.45) is 5.41 Å². The number of para-hydroxylation sites is 1. The van der Waals surface area contributed by atoms with E-state index in [1.54, 1.807) is 18.2 Å². The number of anilines is 1. The minimum absolute atomic E-state index is 0.0279. The van der Waals surface area contributed by atoms with Crippen LogP contribution in [0.2, 0.25) is 0 Å². The molecule has 0 radical (unpaired) electrons. The van der Waals surface area contributed by atoms with E-state index in [9.17, 15) is 19.8 Å². The van der Waals surface area contributed by atoms with Crippen LogP contribution < -0.4 is 10.2 Å². The van der Waals surface area contributed by atoms with E-state index in [1.165, 1.54) is 67.8 Å². The standard InChI is InChI=1S/C33H48N2O4/c1-6-7-8-9-10-11-14-18-35-19-17-25-23(2)27(20-30(37)38)24(3)28(31(25)35)21-33(4,5)22-34-32(39)26-15-12-13-16-29(26)36/h12-13,15-16,36H,6-11,14,17-22H2,1-5H3,(H,34,39)(H,37,38). The lowest BCUT2D eigenvalue weighted by Gasteiger charge is -2.31. The number of unbranched alkanes of at least 4 members (excludes halogenated alkanes) is 6. The van der Waals surface area contributed by atoms with Crippen molar-refractivity contribution in [1.82, 2.24) is 5.32 Å². The van der Waals surface area contributed by atoms with E-state index in [0.717, 1.165) is 42.6 Å². The molecule has 1 heterocycles. The highest BCUT2D eigenvalue weighted by atomic mass is 16.4. The molecule has 39 heavy (non-hydrogen) atoms. The number of nitrogens with zero attached hydrogens (tertiary/aromatic N) is 1. The molecule has 0 atom stereocenters. The second-order valence-corrected chi connectivity index (χ2v) is 12.0. The number of phenolic OH excluding ortho intramolecular Hbond substituents is 1. The topological polar surface area (TPSA) is 89.9 Å². The first kappa shape index (κ1) is 30.5. The molecule has 3 N–H and O–H groups in total. The summed E-state index contributed by atoms with van der Waals surface area (Å²) in [6.45, 7) is 13.1. The number of phenols is 1. The van der Waals surface area contributed by atoms with Crippen LogP contribution >= 0.6 is 0 Å². The second kappa shape index (κ2) is 13.9. The molecule has 3 rings (SSSR count). The maximum Gasteiger partial charge on any atom is 0.307 e. The maximum absolute atomic E-state index is 12.8. The van der Waals surface area contributed by atoms with Gasteiger partial charge in [-0.25, -0.2) is 0 Å². The van der Waals surface area contributed by atoms with Gasteiger partial charge in [0.25, 0.3) is 5.91 Å². The fraction of sp³-hybridized carbons (Fsp3) is 0.576. The van der Waals surface area contributed by atoms with Crippen LogP contribution in [0.15, 0.2) is 24.3 Å². The molecule has 6 nitrogen and oxygen atoms in total. The SMILES string of the molecule is CCCCCCCCCN1CCc2c(C)c(CC(=O)O)c(C)c(CC(C)(C)CNC(=O)c3ccccc3O)c21. The fourth-order valence-corrected chi connectivity index (χ4v) is 5.97. The van der Waals surface area contributed by atoms with Crippen LogP contribution in [0, 0.1) is 19.3 Å². The zero-order valence-electron chi connectivity index (χ0n) is 24.7. The number of carboxylic acid groups (broad SMARTS) is 1. The third-order valence-electron chi connectivity index (χ3n) is 8.22. The summed E-state index contributed by atoms with van der Waals surface area (Å²) < 4.78 is 0. The Balaban J connectivity index is 1.81. The minimum Gasteiger partial charge on any atom is -0.507 e. The summed E-state index contributed by atoms with van der Waals surface area (Å²) in [5.74, 6) is -1.13. The number of aromatic hydroxyl groups is 1. The van der Waals surface area contributed by atoms with E-state index in [-0.39, 0.29) is 29.1 Å². The van der Waals surface area contributed by atoms with Gasteiger partial charge in [-0.2, -0.15) is 0 Å². The molecule has 0 aromatic heterocycles. The van der Waals surface area contributed by atoms with E-state index in [0.29, 0.717) is 6.54 Å². The van der Waals surface area contributed by atoms with Crippen molar-refractivity contribution in [3.63, 3.8) is 0 Å². The predicted octanol–water partition coefficient (Wildman–Crippen LogP) is 6.75. The third-order valence-corrected chi connectivity index (χ3v) is 8.22. The van der Waals surface area contributed by atoms with Gasteiger partial charge in [-0.05, 0) is 78.5 Å². The van der Waals surface area contributed by atoms with Crippen LogP contribution in [0.5, 0.6) is 5.75 Å². The molecule has 0 saturated carbocycles. The van der Waals surface area contributed by atoms with Crippen LogP contribution in [-0.2, 0) is 24.1 Å². The lowest BCUT2D eigenvalue weighted by atomic mass is 9.80. The van der Waals surface area contributed by atoms with Crippen molar-refractivity contribution >= 4 is 17.6 Å². The summed E-state index contributed by atoms with van der Waals surface area (Å²) in [5.41, 5.74) is 6.93. The Morgan fingerprint density at radius 2 is 1.64 bits per heavy atom. The van der Waals surface area contributed by atoms with Gasteiger partial charge in [0.1, 0.15) is 5.75 Å².